The topological polar surface area (TPSA) is 49.4 Å². The SMILES string of the molecule is CC(C)C(=O)N1CCC[C@H]1C(=O)NCC(C)(C)c1ccccc1F. The van der Waals surface area contributed by atoms with Crippen molar-refractivity contribution in [2.24, 2.45) is 5.92 Å². The summed E-state index contributed by atoms with van der Waals surface area (Å²) in [6.07, 6.45) is 1.53. The molecule has 2 rings (SSSR count). The lowest BCUT2D eigenvalue weighted by Gasteiger charge is -2.29. The van der Waals surface area contributed by atoms with Gasteiger partial charge in [0.05, 0.1) is 0 Å². The summed E-state index contributed by atoms with van der Waals surface area (Å²) in [7, 11) is 0. The first kappa shape index (κ1) is 18.4. The normalized spacial score (nSPS) is 18.1. The zero-order valence-corrected chi connectivity index (χ0v) is 14.9. The molecule has 5 heteroatoms. The molecule has 1 fully saturated rings. The predicted molar refractivity (Wildman–Crippen MR) is 92.0 cm³/mol. The number of amides is 2. The average Bonchev–Trinajstić information content (AvgIpc) is 3.01. The zero-order chi connectivity index (χ0) is 17.9. The molecule has 1 N–H and O–H groups in total. The van der Waals surface area contributed by atoms with Crippen molar-refractivity contribution in [1.29, 1.82) is 0 Å². The minimum atomic E-state index is -0.521. The van der Waals surface area contributed by atoms with Crippen molar-refractivity contribution in [3.63, 3.8) is 0 Å². The molecule has 24 heavy (non-hydrogen) atoms. The maximum absolute atomic E-state index is 14.0. The first-order chi connectivity index (χ1) is 11.2. The standard InChI is InChI=1S/C19H27FN2O2/c1-13(2)18(24)22-11-7-10-16(22)17(23)21-12-19(3,4)14-8-5-6-9-15(14)20/h5-6,8-9,13,16H,7,10-12H2,1-4H3,(H,21,23)/t16-/m0/s1. The maximum Gasteiger partial charge on any atom is 0.242 e. The number of benzene rings is 1. The summed E-state index contributed by atoms with van der Waals surface area (Å²) >= 11 is 0. The highest BCUT2D eigenvalue weighted by atomic mass is 19.1. The van der Waals surface area contributed by atoms with Crippen molar-refractivity contribution in [3.05, 3.63) is 35.6 Å². The summed E-state index contributed by atoms with van der Waals surface area (Å²) in [5.74, 6) is -0.519. The van der Waals surface area contributed by atoms with Gasteiger partial charge in [0.25, 0.3) is 0 Å². The van der Waals surface area contributed by atoms with E-state index < -0.39 is 11.5 Å². The van der Waals surface area contributed by atoms with E-state index in [0.29, 0.717) is 25.1 Å². The molecule has 1 heterocycles. The first-order valence-electron chi connectivity index (χ1n) is 8.57. The van der Waals surface area contributed by atoms with E-state index in [0.717, 1.165) is 6.42 Å². The van der Waals surface area contributed by atoms with Gasteiger partial charge in [-0.15, -0.1) is 0 Å². The highest BCUT2D eigenvalue weighted by molar-refractivity contribution is 5.88. The molecule has 4 nitrogen and oxygen atoms in total. The molecule has 1 aromatic carbocycles. The van der Waals surface area contributed by atoms with Gasteiger partial charge in [-0.2, -0.15) is 0 Å². The van der Waals surface area contributed by atoms with Crippen LogP contribution in [-0.2, 0) is 15.0 Å². The number of carbonyl (C=O) groups is 2. The molecule has 0 spiro atoms. The van der Waals surface area contributed by atoms with Gasteiger partial charge in [-0.1, -0.05) is 45.9 Å². The van der Waals surface area contributed by atoms with Crippen LogP contribution < -0.4 is 5.32 Å². The molecule has 0 saturated carbocycles. The molecule has 1 aromatic rings. The molecular formula is C19H27FN2O2. The van der Waals surface area contributed by atoms with Gasteiger partial charge >= 0.3 is 0 Å². The number of nitrogens with one attached hydrogen (secondary N) is 1. The zero-order valence-electron chi connectivity index (χ0n) is 14.9. The van der Waals surface area contributed by atoms with Gasteiger partial charge < -0.3 is 10.2 Å². The van der Waals surface area contributed by atoms with Gasteiger partial charge in [0.15, 0.2) is 0 Å². The summed E-state index contributed by atoms with van der Waals surface area (Å²) in [5, 5.41) is 2.91. The van der Waals surface area contributed by atoms with Crippen LogP contribution in [0.4, 0.5) is 4.39 Å². The second-order valence-electron chi connectivity index (χ2n) is 7.43. The van der Waals surface area contributed by atoms with Crippen molar-refractivity contribution in [1.82, 2.24) is 10.2 Å². The van der Waals surface area contributed by atoms with E-state index in [-0.39, 0.29) is 23.5 Å². The minimum absolute atomic E-state index is 0.0148. The van der Waals surface area contributed by atoms with Crippen LogP contribution in [0.5, 0.6) is 0 Å². The molecule has 132 valence electrons. The Morgan fingerprint density at radius 3 is 2.62 bits per heavy atom. The van der Waals surface area contributed by atoms with Crippen molar-refractivity contribution in [3.8, 4) is 0 Å². The van der Waals surface area contributed by atoms with E-state index in [1.165, 1.54) is 6.07 Å². The second-order valence-corrected chi connectivity index (χ2v) is 7.43. The molecular weight excluding hydrogens is 307 g/mol. The van der Waals surface area contributed by atoms with Gasteiger partial charge in [-0.25, -0.2) is 4.39 Å². The Labute approximate surface area is 143 Å². The smallest absolute Gasteiger partial charge is 0.242 e. The summed E-state index contributed by atoms with van der Waals surface area (Å²) in [6.45, 7) is 8.45. The fourth-order valence-electron chi connectivity index (χ4n) is 3.17. The molecule has 0 aromatic heterocycles. The maximum atomic E-state index is 14.0. The number of likely N-dealkylation sites (tertiary alicyclic amines) is 1. The number of hydrogen-bond acceptors (Lipinski definition) is 2. The Hall–Kier alpha value is -1.91. The third-order valence-corrected chi connectivity index (χ3v) is 4.64. The van der Waals surface area contributed by atoms with E-state index in [1.54, 1.807) is 23.1 Å². The van der Waals surface area contributed by atoms with E-state index in [1.807, 2.05) is 27.7 Å². The quantitative estimate of drug-likeness (QED) is 0.900. The van der Waals surface area contributed by atoms with Gasteiger partial charge in [0, 0.05) is 24.4 Å². The monoisotopic (exact) mass is 334 g/mol. The molecule has 1 atom stereocenters. The van der Waals surface area contributed by atoms with Gasteiger partial charge in [0.2, 0.25) is 11.8 Å². The third-order valence-electron chi connectivity index (χ3n) is 4.64. The Kier molecular flexibility index (Phi) is 5.62. The van der Waals surface area contributed by atoms with Crippen LogP contribution in [0.3, 0.4) is 0 Å². The Morgan fingerprint density at radius 2 is 2.00 bits per heavy atom. The van der Waals surface area contributed by atoms with Crippen molar-refractivity contribution in [2.75, 3.05) is 13.1 Å². The number of carbonyl (C=O) groups excluding carboxylic acids is 2. The van der Waals surface area contributed by atoms with Crippen LogP contribution in [0.1, 0.15) is 46.1 Å². The highest BCUT2D eigenvalue weighted by Gasteiger charge is 2.35. The van der Waals surface area contributed by atoms with Crippen molar-refractivity contribution >= 4 is 11.8 Å². The number of nitrogens with zero attached hydrogens (tertiary/aromatic N) is 1. The number of hydrogen-bond donors (Lipinski definition) is 1. The van der Waals surface area contributed by atoms with Gasteiger partial charge in [-0.05, 0) is 24.5 Å². The van der Waals surface area contributed by atoms with Gasteiger partial charge in [0.1, 0.15) is 11.9 Å². The van der Waals surface area contributed by atoms with Crippen molar-refractivity contribution < 1.29 is 14.0 Å². The number of rotatable bonds is 5. The number of halogens is 1. The van der Waals surface area contributed by atoms with E-state index in [2.05, 4.69) is 5.32 Å². The molecule has 0 radical (unpaired) electrons. The Morgan fingerprint density at radius 1 is 1.33 bits per heavy atom. The molecule has 1 aliphatic rings. The Bertz CT molecular complexity index is 613. The molecule has 1 aliphatic heterocycles. The summed E-state index contributed by atoms with van der Waals surface area (Å²) < 4.78 is 14.0. The molecule has 2 amide bonds. The molecule has 1 saturated heterocycles. The van der Waals surface area contributed by atoms with Crippen molar-refractivity contribution in [2.45, 2.75) is 52.0 Å². The summed E-state index contributed by atoms with van der Waals surface area (Å²) in [6, 6.07) is 6.21. The fourth-order valence-corrected chi connectivity index (χ4v) is 3.17. The van der Waals surface area contributed by atoms with Crippen LogP contribution in [-0.4, -0.2) is 35.8 Å². The molecule has 0 unspecified atom stereocenters. The average molecular weight is 334 g/mol. The first-order valence-corrected chi connectivity index (χ1v) is 8.57. The lowest BCUT2D eigenvalue weighted by atomic mass is 9.84. The third kappa shape index (κ3) is 3.94. The minimum Gasteiger partial charge on any atom is -0.353 e. The Balaban J connectivity index is 2.02. The van der Waals surface area contributed by atoms with Crippen LogP contribution in [0.25, 0.3) is 0 Å². The lowest BCUT2D eigenvalue weighted by molar-refractivity contribution is -0.140. The van der Waals surface area contributed by atoms with Crippen LogP contribution in [0.15, 0.2) is 24.3 Å². The fraction of sp³-hybridized carbons (Fsp3) is 0.579. The lowest BCUT2D eigenvalue weighted by Crippen LogP contribution is -2.49. The van der Waals surface area contributed by atoms with E-state index in [4.69, 9.17) is 0 Å². The van der Waals surface area contributed by atoms with E-state index in [9.17, 15) is 14.0 Å². The van der Waals surface area contributed by atoms with E-state index >= 15 is 0 Å². The van der Waals surface area contributed by atoms with Crippen LogP contribution >= 0.6 is 0 Å². The highest BCUT2D eigenvalue weighted by Crippen LogP contribution is 2.25. The van der Waals surface area contributed by atoms with Crippen LogP contribution in [0.2, 0.25) is 0 Å². The molecule has 0 aliphatic carbocycles. The summed E-state index contributed by atoms with van der Waals surface area (Å²) in [4.78, 5) is 26.4. The van der Waals surface area contributed by atoms with Crippen LogP contribution in [0, 0.1) is 11.7 Å². The predicted octanol–water partition coefficient (Wildman–Crippen LogP) is 2.87. The second kappa shape index (κ2) is 7.32. The summed E-state index contributed by atoms with van der Waals surface area (Å²) in [5.41, 5.74) is 0.0544. The largest absolute Gasteiger partial charge is 0.353 e. The molecule has 0 bridgehead atoms. The van der Waals surface area contributed by atoms with Gasteiger partial charge in [-0.3, -0.25) is 9.59 Å².